The molecule has 16 heavy (non-hydrogen) atoms. The first kappa shape index (κ1) is 13.2. The molecule has 0 amide bonds. The van der Waals surface area contributed by atoms with E-state index >= 15 is 0 Å². The number of nitrogens with zero attached hydrogens (tertiary/aromatic N) is 2. The predicted molar refractivity (Wildman–Crippen MR) is 69.7 cm³/mol. The molecular formula is C12H20N2OS. The van der Waals surface area contributed by atoms with Gasteiger partial charge in [0.2, 0.25) is 0 Å². The number of thiazole rings is 1. The lowest BCUT2D eigenvalue weighted by Crippen LogP contribution is -2.23. The zero-order chi connectivity index (χ0) is 12.1. The Hall–Kier alpha value is -0.900. The van der Waals surface area contributed by atoms with Gasteiger partial charge in [-0.05, 0) is 20.3 Å². The maximum absolute atomic E-state index is 11.4. The summed E-state index contributed by atoms with van der Waals surface area (Å²) in [6.07, 6.45) is 2.35. The van der Waals surface area contributed by atoms with Gasteiger partial charge in [-0.1, -0.05) is 24.7 Å². The normalized spacial score (nSPS) is 10.5. The highest BCUT2D eigenvalue weighted by Crippen LogP contribution is 2.26. The van der Waals surface area contributed by atoms with E-state index in [0.717, 1.165) is 28.8 Å². The molecule has 1 rings (SSSR count). The van der Waals surface area contributed by atoms with Crippen molar-refractivity contribution >= 4 is 22.3 Å². The van der Waals surface area contributed by atoms with Crippen molar-refractivity contribution in [2.45, 2.75) is 40.5 Å². The second-order valence-electron chi connectivity index (χ2n) is 3.90. The van der Waals surface area contributed by atoms with E-state index in [1.807, 2.05) is 6.92 Å². The van der Waals surface area contributed by atoms with Crippen molar-refractivity contribution in [2.75, 3.05) is 18.0 Å². The summed E-state index contributed by atoms with van der Waals surface area (Å²) in [5.74, 6) is 0.118. The van der Waals surface area contributed by atoms with Crippen LogP contribution in [-0.2, 0) is 0 Å². The maximum Gasteiger partial charge on any atom is 0.186 e. The standard InChI is InChI=1S/C12H20N2OS/c1-5-7-8-14(6-2)12-13-9(3)11(16-12)10(4)15/h5-8H2,1-4H3. The topological polar surface area (TPSA) is 33.2 Å². The van der Waals surface area contributed by atoms with Crippen molar-refractivity contribution in [3.63, 3.8) is 0 Å². The van der Waals surface area contributed by atoms with Crippen LogP contribution in [0.15, 0.2) is 0 Å². The summed E-state index contributed by atoms with van der Waals surface area (Å²) in [6.45, 7) is 9.79. The van der Waals surface area contributed by atoms with Crippen LogP contribution in [0, 0.1) is 6.92 Å². The van der Waals surface area contributed by atoms with Crippen LogP contribution < -0.4 is 4.90 Å². The van der Waals surface area contributed by atoms with Crippen LogP contribution in [-0.4, -0.2) is 23.9 Å². The van der Waals surface area contributed by atoms with E-state index in [4.69, 9.17) is 0 Å². The number of Topliss-reactive ketones (excluding diaryl/α,β-unsaturated/α-hetero) is 1. The summed E-state index contributed by atoms with van der Waals surface area (Å²) in [7, 11) is 0. The molecule has 0 aliphatic rings. The first-order chi connectivity index (χ1) is 7.60. The molecule has 0 aliphatic heterocycles. The van der Waals surface area contributed by atoms with Crippen molar-refractivity contribution < 1.29 is 4.79 Å². The van der Waals surface area contributed by atoms with Gasteiger partial charge in [0.1, 0.15) is 0 Å². The maximum atomic E-state index is 11.4. The number of hydrogen-bond acceptors (Lipinski definition) is 4. The molecule has 4 heteroatoms. The van der Waals surface area contributed by atoms with Gasteiger partial charge in [0, 0.05) is 20.0 Å². The average Bonchev–Trinajstić information content (AvgIpc) is 2.62. The summed E-state index contributed by atoms with van der Waals surface area (Å²) in [5, 5.41) is 0.985. The van der Waals surface area contributed by atoms with Gasteiger partial charge in [0.05, 0.1) is 10.6 Å². The van der Waals surface area contributed by atoms with Gasteiger partial charge in [-0.15, -0.1) is 0 Å². The second kappa shape index (κ2) is 5.99. The van der Waals surface area contributed by atoms with E-state index in [9.17, 15) is 4.79 Å². The molecule has 0 aliphatic carbocycles. The largest absolute Gasteiger partial charge is 0.348 e. The highest BCUT2D eigenvalue weighted by atomic mass is 32.1. The quantitative estimate of drug-likeness (QED) is 0.715. The van der Waals surface area contributed by atoms with Crippen LogP contribution in [0.3, 0.4) is 0 Å². The fourth-order valence-corrected chi connectivity index (χ4v) is 2.63. The van der Waals surface area contributed by atoms with E-state index in [1.165, 1.54) is 24.2 Å². The lowest BCUT2D eigenvalue weighted by atomic mass is 10.3. The molecule has 0 aromatic carbocycles. The monoisotopic (exact) mass is 240 g/mol. The molecule has 3 nitrogen and oxygen atoms in total. The van der Waals surface area contributed by atoms with E-state index in [-0.39, 0.29) is 5.78 Å². The Labute approximate surface area is 101 Å². The van der Waals surface area contributed by atoms with Gasteiger partial charge < -0.3 is 4.90 Å². The number of unbranched alkanes of at least 4 members (excludes halogenated alkanes) is 1. The summed E-state index contributed by atoms with van der Waals surface area (Å²) < 4.78 is 0. The molecule has 0 bridgehead atoms. The van der Waals surface area contributed by atoms with Crippen molar-refractivity contribution in [3.05, 3.63) is 10.6 Å². The minimum atomic E-state index is 0.118. The Morgan fingerprint density at radius 1 is 1.44 bits per heavy atom. The molecule has 1 aromatic heterocycles. The third-order valence-corrected chi connectivity index (χ3v) is 3.86. The number of carbonyl (C=O) groups is 1. The number of aromatic nitrogens is 1. The first-order valence-corrected chi connectivity index (χ1v) is 6.65. The molecular weight excluding hydrogens is 220 g/mol. The summed E-state index contributed by atoms with van der Waals surface area (Å²) in [4.78, 5) is 18.9. The summed E-state index contributed by atoms with van der Waals surface area (Å²) in [5.41, 5.74) is 0.863. The van der Waals surface area contributed by atoms with E-state index in [0.29, 0.717) is 0 Å². The van der Waals surface area contributed by atoms with Crippen LogP contribution in [0.2, 0.25) is 0 Å². The van der Waals surface area contributed by atoms with Gasteiger partial charge in [-0.3, -0.25) is 4.79 Å². The molecule has 0 spiro atoms. The number of anilines is 1. The fraction of sp³-hybridized carbons (Fsp3) is 0.667. The Balaban J connectivity index is 2.85. The minimum Gasteiger partial charge on any atom is -0.348 e. The second-order valence-corrected chi connectivity index (χ2v) is 4.88. The van der Waals surface area contributed by atoms with Crippen LogP contribution in [0.25, 0.3) is 0 Å². The van der Waals surface area contributed by atoms with Gasteiger partial charge in [-0.25, -0.2) is 4.98 Å². The fourth-order valence-electron chi connectivity index (χ4n) is 1.58. The molecule has 0 atom stereocenters. The lowest BCUT2D eigenvalue weighted by molar-refractivity contribution is 0.102. The van der Waals surface area contributed by atoms with Gasteiger partial charge in [0.25, 0.3) is 0 Å². The number of ketones is 1. The highest BCUT2D eigenvalue weighted by molar-refractivity contribution is 7.17. The zero-order valence-electron chi connectivity index (χ0n) is 10.5. The molecule has 1 aromatic rings. The Kier molecular flexibility index (Phi) is 4.93. The number of rotatable bonds is 6. The SMILES string of the molecule is CCCCN(CC)c1nc(C)c(C(C)=O)s1. The van der Waals surface area contributed by atoms with E-state index in [2.05, 4.69) is 23.7 Å². The van der Waals surface area contributed by atoms with Crippen molar-refractivity contribution in [2.24, 2.45) is 0 Å². The van der Waals surface area contributed by atoms with E-state index in [1.54, 1.807) is 6.92 Å². The number of carbonyl (C=O) groups excluding carboxylic acids is 1. The van der Waals surface area contributed by atoms with E-state index < -0.39 is 0 Å². The molecule has 0 saturated carbocycles. The van der Waals surface area contributed by atoms with Crippen LogP contribution in [0.1, 0.15) is 49.0 Å². The molecule has 0 fully saturated rings. The molecule has 0 saturated heterocycles. The molecule has 90 valence electrons. The Bertz CT molecular complexity index is 360. The van der Waals surface area contributed by atoms with Crippen molar-refractivity contribution in [3.8, 4) is 0 Å². The Morgan fingerprint density at radius 2 is 2.12 bits per heavy atom. The first-order valence-electron chi connectivity index (χ1n) is 5.83. The molecule has 0 N–H and O–H groups in total. The Morgan fingerprint density at radius 3 is 2.56 bits per heavy atom. The smallest absolute Gasteiger partial charge is 0.186 e. The van der Waals surface area contributed by atoms with Crippen molar-refractivity contribution in [1.29, 1.82) is 0 Å². The minimum absolute atomic E-state index is 0.118. The highest BCUT2D eigenvalue weighted by Gasteiger charge is 2.14. The third kappa shape index (κ3) is 3.04. The van der Waals surface area contributed by atoms with Crippen molar-refractivity contribution in [1.82, 2.24) is 4.98 Å². The molecule has 0 unspecified atom stereocenters. The van der Waals surface area contributed by atoms with Crippen LogP contribution >= 0.6 is 11.3 Å². The third-order valence-electron chi connectivity index (χ3n) is 2.54. The molecule has 1 heterocycles. The zero-order valence-corrected chi connectivity index (χ0v) is 11.4. The van der Waals surface area contributed by atoms with Gasteiger partial charge in [-0.2, -0.15) is 0 Å². The summed E-state index contributed by atoms with van der Waals surface area (Å²) >= 11 is 1.52. The predicted octanol–water partition coefficient (Wildman–Crippen LogP) is 3.28. The number of hydrogen-bond donors (Lipinski definition) is 0. The number of aryl methyl sites for hydroxylation is 1. The lowest BCUT2D eigenvalue weighted by Gasteiger charge is -2.18. The van der Waals surface area contributed by atoms with Crippen LogP contribution in [0.4, 0.5) is 5.13 Å². The van der Waals surface area contributed by atoms with Gasteiger partial charge >= 0.3 is 0 Å². The molecule has 0 radical (unpaired) electrons. The van der Waals surface area contributed by atoms with Crippen LogP contribution in [0.5, 0.6) is 0 Å². The average molecular weight is 240 g/mol. The summed E-state index contributed by atoms with van der Waals surface area (Å²) in [6, 6.07) is 0. The van der Waals surface area contributed by atoms with Gasteiger partial charge in [0.15, 0.2) is 10.9 Å².